The summed E-state index contributed by atoms with van der Waals surface area (Å²) in [5.74, 6) is -0.652. The number of ketones is 1. The molecule has 0 amide bonds. The number of ether oxygens (including phenoxy) is 2. The third-order valence-electron chi connectivity index (χ3n) is 3.71. The summed E-state index contributed by atoms with van der Waals surface area (Å²) < 4.78 is 10.6. The fraction of sp³-hybridized carbons (Fsp3) is 0.190. The standard InChI is InChI=1S/C21H18ClNO4/c1-13(2)20(24)15(12-23)10-14-8-9-18(19(11-14)26-3)27-21(25)16-6-4-5-7-17(16)22/h4-11,13H,1-3H3/b15-10-. The van der Waals surface area contributed by atoms with E-state index in [1.807, 2.05) is 6.07 Å². The van der Waals surface area contributed by atoms with Crippen molar-refractivity contribution in [1.29, 1.82) is 5.26 Å². The molecule has 6 heteroatoms. The first-order chi connectivity index (χ1) is 12.9. The van der Waals surface area contributed by atoms with E-state index in [4.69, 9.17) is 21.1 Å². The average molecular weight is 384 g/mol. The van der Waals surface area contributed by atoms with E-state index >= 15 is 0 Å². The number of esters is 1. The smallest absolute Gasteiger partial charge is 0.345 e. The van der Waals surface area contributed by atoms with Crippen LogP contribution in [-0.4, -0.2) is 18.9 Å². The van der Waals surface area contributed by atoms with Gasteiger partial charge in [-0.2, -0.15) is 5.26 Å². The van der Waals surface area contributed by atoms with Crippen molar-refractivity contribution < 1.29 is 19.1 Å². The van der Waals surface area contributed by atoms with E-state index < -0.39 is 5.97 Å². The molecule has 138 valence electrons. The molecular formula is C21H18ClNO4. The molecule has 0 aromatic heterocycles. The normalized spacial score (nSPS) is 11.0. The molecule has 0 aliphatic heterocycles. The summed E-state index contributed by atoms with van der Waals surface area (Å²) in [4.78, 5) is 24.3. The highest BCUT2D eigenvalue weighted by Gasteiger charge is 2.16. The number of nitrogens with zero attached hydrogens (tertiary/aromatic N) is 1. The molecule has 0 saturated heterocycles. The first-order valence-electron chi connectivity index (χ1n) is 8.18. The van der Waals surface area contributed by atoms with Crippen LogP contribution in [-0.2, 0) is 4.79 Å². The zero-order valence-electron chi connectivity index (χ0n) is 15.2. The third kappa shape index (κ3) is 4.96. The Kier molecular flexibility index (Phi) is 6.75. The zero-order chi connectivity index (χ0) is 20.0. The summed E-state index contributed by atoms with van der Waals surface area (Å²) in [6.07, 6.45) is 1.48. The van der Waals surface area contributed by atoms with Crippen molar-refractivity contribution in [3.8, 4) is 17.6 Å². The van der Waals surface area contributed by atoms with Gasteiger partial charge in [0.15, 0.2) is 17.3 Å². The maximum Gasteiger partial charge on any atom is 0.345 e. The van der Waals surface area contributed by atoms with Crippen molar-refractivity contribution in [1.82, 2.24) is 0 Å². The van der Waals surface area contributed by atoms with Crippen molar-refractivity contribution in [3.63, 3.8) is 0 Å². The Hall–Kier alpha value is -3.10. The second-order valence-corrected chi connectivity index (χ2v) is 6.38. The van der Waals surface area contributed by atoms with Crippen molar-refractivity contribution in [2.45, 2.75) is 13.8 Å². The highest BCUT2D eigenvalue weighted by molar-refractivity contribution is 6.33. The van der Waals surface area contributed by atoms with Gasteiger partial charge >= 0.3 is 5.97 Å². The van der Waals surface area contributed by atoms with Gasteiger partial charge < -0.3 is 9.47 Å². The largest absolute Gasteiger partial charge is 0.493 e. The van der Waals surface area contributed by atoms with E-state index in [0.717, 1.165) is 0 Å². The Bertz CT molecular complexity index is 941. The summed E-state index contributed by atoms with van der Waals surface area (Å²) in [6.45, 7) is 3.46. The van der Waals surface area contributed by atoms with Crippen LogP contribution in [0.3, 0.4) is 0 Å². The molecule has 27 heavy (non-hydrogen) atoms. The zero-order valence-corrected chi connectivity index (χ0v) is 15.9. The molecule has 0 aliphatic rings. The Morgan fingerprint density at radius 2 is 1.85 bits per heavy atom. The maximum atomic E-state index is 12.3. The molecule has 0 atom stereocenters. The van der Waals surface area contributed by atoms with Crippen LogP contribution in [0, 0.1) is 17.2 Å². The number of benzene rings is 2. The van der Waals surface area contributed by atoms with E-state index in [-0.39, 0.29) is 33.6 Å². The molecule has 5 nitrogen and oxygen atoms in total. The molecule has 0 spiro atoms. The molecule has 0 unspecified atom stereocenters. The Balaban J connectivity index is 2.31. The summed E-state index contributed by atoms with van der Waals surface area (Å²) in [5, 5.41) is 9.49. The minimum absolute atomic E-state index is 0.0489. The Morgan fingerprint density at radius 3 is 2.44 bits per heavy atom. The lowest BCUT2D eigenvalue weighted by molar-refractivity contribution is -0.117. The van der Waals surface area contributed by atoms with Gasteiger partial charge in [-0.25, -0.2) is 4.79 Å². The predicted octanol–water partition coefficient (Wildman–Crippen LogP) is 4.70. The SMILES string of the molecule is COc1cc(/C=C(/C#N)C(=O)C(C)C)ccc1OC(=O)c1ccccc1Cl. The third-order valence-corrected chi connectivity index (χ3v) is 4.03. The average Bonchev–Trinajstić information content (AvgIpc) is 2.66. The minimum atomic E-state index is -0.616. The number of methoxy groups -OCH3 is 1. The highest BCUT2D eigenvalue weighted by Crippen LogP contribution is 2.30. The lowest BCUT2D eigenvalue weighted by atomic mass is 10.00. The summed E-state index contributed by atoms with van der Waals surface area (Å²) in [5.41, 5.74) is 0.863. The van der Waals surface area contributed by atoms with Crippen LogP contribution >= 0.6 is 11.6 Å². The van der Waals surface area contributed by atoms with E-state index in [0.29, 0.717) is 11.3 Å². The summed E-state index contributed by atoms with van der Waals surface area (Å²) >= 11 is 6.01. The number of allylic oxidation sites excluding steroid dienone is 1. The van der Waals surface area contributed by atoms with Crippen LogP contribution in [0.25, 0.3) is 6.08 Å². The molecule has 0 saturated carbocycles. The first kappa shape index (κ1) is 20.2. The Morgan fingerprint density at radius 1 is 1.15 bits per heavy atom. The number of nitriles is 1. The van der Waals surface area contributed by atoms with Crippen LogP contribution in [0.4, 0.5) is 0 Å². The molecule has 2 aromatic carbocycles. The number of rotatable bonds is 6. The van der Waals surface area contributed by atoms with Gasteiger partial charge in [0.05, 0.1) is 23.3 Å². The summed E-state index contributed by atoms with van der Waals surface area (Å²) in [6, 6.07) is 13.2. The lowest BCUT2D eigenvalue weighted by Crippen LogP contribution is -2.10. The fourth-order valence-corrected chi connectivity index (χ4v) is 2.49. The van der Waals surface area contributed by atoms with Crippen molar-refractivity contribution in [2.24, 2.45) is 5.92 Å². The molecular weight excluding hydrogens is 366 g/mol. The van der Waals surface area contributed by atoms with Crippen molar-refractivity contribution in [3.05, 3.63) is 64.2 Å². The number of hydrogen-bond donors (Lipinski definition) is 0. The molecule has 0 heterocycles. The monoisotopic (exact) mass is 383 g/mol. The maximum absolute atomic E-state index is 12.3. The molecule has 0 fully saturated rings. The molecule has 2 rings (SSSR count). The van der Waals surface area contributed by atoms with Gasteiger partial charge in [0.25, 0.3) is 0 Å². The fourth-order valence-electron chi connectivity index (χ4n) is 2.28. The number of carbonyl (C=O) groups excluding carboxylic acids is 2. The van der Waals surface area contributed by atoms with E-state index in [1.54, 1.807) is 50.2 Å². The van der Waals surface area contributed by atoms with Crippen molar-refractivity contribution in [2.75, 3.05) is 7.11 Å². The first-order valence-corrected chi connectivity index (χ1v) is 8.56. The van der Waals surface area contributed by atoms with Gasteiger partial charge in [-0.1, -0.05) is 43.6 Å². The van der Waals surface area contributed by atoms with Gasteiger partial charge in [0.2, 0.25) is 0 Å². The molecule has 2 aromatic rings. The van der Waals surface area contributed by atoms with E-state index in [9.17, 15) is 14.9 Å². The second kappa shape index (κ2) is 9.02. The number of carbonyl (C=O) groups is 2. The highest BCUT2D eigenvalue weighted by atomic mass is 35.5. The van der Waals surface area contributed by atoms with Gasteiger partial charge in [-0.15, -0.1) is 0 Å². The molecule has 0 aliphatic carbocycles. The number of hydrogen-bond acceptors (Lipinski definition) is 5. The molecule has 0 N–H and O–H groups in total. The van der Waals surface area contributed by atoms with Crippen LogP contribution in [0.1, 0.15) is 29.8 Å². The van der Waals surface area contributed by atoms with Gasteiger partial charge in [0, 0.05) is 5.92 Å². The summed E-state index contributed by atoms with van der Waals surface area (Å²) in [7, 11) is 1.43. The predicted molar refractivity (Wildman–Crippen MR) is 103 cm³/mol. The second-order valence-electron chi connectivity index (χ2n) is 5.97. The van der Waals surface area contributed by atoms with Gasteiger partial charge in [0.1, 0.15) is 6.07 Å². The topological polar surface area (TPSA) is 76.4 Å². The Labute approximate surface area is 162 Å². The number of Topliss-reactive ketones (excluding diaryl/α,β-unsaturated/α-hetero) is 1. The van der Waals surface area contributed by atoms with E-state index in [1.165, 1.54) is 19.3 Å². The van der Waals surface area contributed by atoms with Crippen LogP contribution < -0.4 is 9.47 Å². The van der Waals surface area contributed by atoms with Gasteiger partial charge in [-0.3, -0.25) is 4.79 Å². The van der Waals surface area contributed by atoms with E-state index in [2.05, 4.69) is 0 Å². The lowest BCUT2D eigenvalue weighted by Gasteiger charge is -2.11. The van der Waals surface area contributed by atoms with Gasteiger partial charge in [-0.05, 0) is 35.9 Å². The number of halogens is 1. The van der Waals surface area contributed by atoms with Crippen LogP contribution in [0.5, 0.6) is 11.5 Å². The molecule has 0 radical (unpaired) electrons. The minimum Gasteiger partial charge on any atom is -0.493 e. The van der Waals surface area contributed by atoms with Crippen LogP contribution in [0.2, 0.25) is 5.02 Å². The van der Waals surface area contributed by atoms with Crippen molar-refractivity contribution >= 4 is 29.4 Å². The van der Waals surface area contributed by atoms with Crippen LogP contribution in [0.15, 0.2) is 48.0 Å². The molecule has 0 bridgehead atoms. The quantitative estimate of drug-likeness (QED) is 0.313.